The first-order chi connectivity index (χ1) is 9.20. The van der Waals surface area contributed by atoms with E-state index in [2.05, 4.69) is 24.2 Å². The number of nitrogens with zero attached hydrogens (tertiary/aromatic N) is 2. The van der Waals surface area contributed by atoms with Crippen LogP contribution in [0.15, 0.2) is 24.3 Å². The first-order valence-corrected chi connectivity index (χ1v) is 7.02. The fourth-order valence-electron chi connectivity index (χ4n) is 2.37. The molecule has 0 aromatic heterocycles. The highest BCUT2D eigenvalue weighted by molar-refractivity contribution is 5.94. The smallest absolute Gasteiger partial charge is 0.253 e. The molecule has 19 heavy (non-hydrogen) atoms. The zero-order valence-electron chi connectivity index (χ0n) is 11.9. The Hall–Kier alpha value is -1.55. The van der Waals surface area contributed by atoms with E-state index >= 15 is 0 Å². The number of anilines is 1. The first kappa shape index (κ1) is 13.9. The zero-order chi connectivity index (χ0) is 13.7. The van der Waals surface area contributed by atoms with Gasteiger partial charge in [0.1, 0.15) is 0 Å². The number of carbonyl (C=O) groups is 1. The van der Waals surface area contributed by atoms with Crippen molar-refractivity contribution in [3.8, 4) is 0 Å². The predicted octanol–water partition coefficient (Wildman–Crippen LogP) is 1.90. The van der Waals surface area contributed by atoms with Crippen LogP contribution in [0, 0.1) is 0 Å². The molecule has 0 unspecified atom stereocenters. The van der Waals surface area contributed by atoms with Crippen molar-refractivity contribution in [2.45, 2.75) is 13.3 Å². The van der Waals surface area contributed by atoms with Gasteiger partial charge in [-0.15, -0.1) is 0 Å². The van der Waals surface area contributed by atoms with E-state index in [1.54, 1.807) is 0 Å². The number of benzene rings is 1. The third-order valence-corrected chi connectivity index (χ3v) is 3.52. The number of hydrogen-bond acceptors (Lipinski definition) is 3. The Morgan fingerprint density at radius 2 is 1.89 bits per heavy atom. The van der Waals surface area contributed by atoms with Crippen LogP contribution in [0.25, 0.3) is 0 Å². The van der Waals surface area contributed by atoms with Crippen LogP contribution >= 0.6 is 0 Å². The standard InChI is InChI=1S/C15H23N3O/c1-3-16-14-7-5-13(6-8-14)15(19)18-10-4-9-17(2)11-12-18/h5-8,16H,3-4,9-12H2,1-2H3. The Morgan fingerprint density at radius 3 is 2.58 bits per heavy atom. The van der Waals surface area contributed by atoms with Gasteiger partial charge in [-0.25, -0.2) is 0 Å². The van der Waals surface area contributed by atoms with Gasteiger partial charge in [-0.1, -0.05) is 0 Å². The van der Waals surface area contributed by atoms with Crippen molar-refractivity contribution in [3.05, 3.63) is 29.8 Å². The van der Waals surface area contributed by atoms with Crippen molar-refractivity contribution in [1.29, 1.82) is 0 Å². The van der Waals surface area contributed by atoms with Crippen LogP contribution < -0.4 is 5.32 Å². The zero-order valence-corrected chi connectivity index (χ0v) is 11.9. The molecule has 104 valence electrons. The molecule has 0 saturated carbocycles. The van der Waals surface area contributed by atoms with Crippen LogP contribution in [-0.2, 0) is 0 Å². The molecule has 0 bridgehead atoms. The lowest BCUT2D eigenvalue weighted by Crippen LogP contribution is -2.34. The predicted molar refractivity (Wildman–Crippen MR) is 78.6 cm³/mol. The van der Waals surface area contributed by atoms with Gasteiger partial charge >= 0.3 is 0 Å². The molecule has 1 amide bonds. The fraction of sp³-hybridized carbons (Fsp3) is 0.533. The highest BCUT2D eigenvalue weighted by atomic mass is 16.2. The van der Waals surface area contributed by atoms with Crippen LogP contribution in [0.2, 0.25) is 0 Å². The summed E-state index contributed by atoms with van der Waals surface area (Å²) in [4.78, 5) is 16.7. The van der Waals surface area contributed by atoms with Gasteiger partial charge in [0.05, 0.1) is 0 Å². The van der Waals surface area contributed by atoms with Crippen molar-refractivity contribution in [3.63, 3.8) is 0 Å². The molecule has 1 fully saturated rings. The molecule has 1 heterocycles. The first-order valence-electron chi connectivity index (χ1n) is 7.02. The average Bonchev–Trinajstić information content (AvgIpc) is 2.64. The Bertz CT molecular complexity index is 416. The van der Waals surface area contributed by atoms with Gasteiger partial charge in [0.2, 0.25) is 0 Å². The topological polar surface area (TPSA) is 35.6 Å². The van der Waals surface area contributed by atoms with Gasteiger partial charge in [0, 0.05) is 37.4 Å². The maximum atomic E-state index is 12.4. The minimum absolute atomic E-state index is 0.151. The second kappa shape index (κ2) is 6.57. The van der Waals surface area contributed by atoms with Gasteiger partial charge in [-0.05, 0) is 51.2 Å². The van der Waals surface area contributed by atoms with Crippen LogP contribution in [0.3, 0.4) is 0 Å². The summed E-state index contributed by atoms with van der Waals surface area (Å²) in [6, 6.07) is 7.77. The van der Waals surface area contributed by atoms with E-state index < -0.39 is 0 Å². The lowest BCUT2D eigenvalue weighted by atomic mass is 10.1. The molecule has 0 atom stereocenters. The summed E-state index contributed by atoms with van der Waals surface area (Å²) in [5.74, 6) is 0.151. The largest absolute Gasteiger partial charge is 0.385 e. The average molecular weight is 261 g/mol. The second-order valence-electron chi connectivity index (χ2n) is 5.06. The number of hydrogen-bond donors (Lipinski definition) is 1. The molecule has 0 spiro atoms. The molecular weight excluding hydrogens is 238 g/mol. The normalized spacial score (nSPS) is 17.1. The van der Waals surface area contributed by atoms with Crippen molar-refractivity contribution in [2.24, 2.45) is 0 Å². The van der Waals surface area contributed by atoms with Gasteiger partial charge in [0.25, 0.3) is 5.91 Å². The Labute approximate surface area is 115 Å². The Balaban J connectivity index is 2.02. The number of rotatable bonds is 3. The molecule has 1 aliphatic heterocycles. The van der Waals surface area contributed by atoms with Crippen LogP contribution in [-0.4, -0.2) is 55.5 Å². The molecule has 0 radical (unpaired) electrons. The highest BCUT2D eigenvalue weighted by Crippen LogP contribution is 2.12. The SMILES string of the molecule is CCNc1ccc(C(=O)N2CCCN(C)CC2)cc1. The summed E-state index contributed by atoms with van der Waals surface area (Å²) in [6.07, 6.45) is 1.05. The summed E-state index contributed by atoms with van der Waals surface area (Å²) in [5.41, 5.74) is 1.85. The highest BCUT2D eigenvalue weighted by Gasteiger charge is 2.18. The molecule has 1 N–H and O–H groups in total. The van der Waals surface area contributed by atoms with E-state index in [0.29, 0.717) is 0 Å². The molecular formula is C15H23N3O. The second-order valence-corrected chi connectivity index (χ2v) is 5.06. The van der Waals surface area contributed by atoms with E-state index in [1.807, 2.05) is 29.2 Å². The lowest BCUT2D eigenvalue weighted by molar-refractivity contribution is 0.0763. The number of likely N-dealkylation sites (N-methyl/N-ethyl adjacent to an activating group) is 1. The summed E-state index contributed by atoms with van der Waals surface area (Å²) >= 11 is 0. The van der Waals surface area contributed by atoms with E-state index in [4.69, 9.17) is 0 Å². The van der Waals surface area contributed by atoms with Crippen molar-refractivity contribution >= 4 is 11.6 Å². The molecule has 4 heteroatoms. The molecule has 1 saturated heterocycles. The van der Waals surface area contributed by atoms with E-state index in [9.17, 15) is 4.79 Å². The Morgan fingerprint density at radius 1 is 1.16 bits per heavy atom. The van der Waals surface area contributed by atoms with E-state index in [1.165, 1.54) is 0 Å². The molecule has 4 nitrogen and oxygen atoms in total. The molecule has 2 rings (SSSR count). The van der Waals surface area contributed by atoms with E-state index in [0.717, 1.165) is 50.4 Å². The summed E-state index contributed by atoms with van der Waals surface area (Å²) in [5, 5.41) is 3.24. The molecule has 1 aromatic rings. The number of nitrogens with one attached hydrogen (secondary N) is 1. The maximum absolute atomic E-state index is 12.4. The third-order valence-electron chi connectivity index (χ3n) is 3.52. The van der Waals surface area contributed by atoms with Crippen LogP contribution in [0.1, 0.15) is 23.7 Å². The maximum Gasteiger partial charge on any atom is 0.253 e. The van der Waals surface area contributed by atoms with Crippen molar-refractivity contribution in [2.75, 3.05) is 45.1 Å². The minimum Gasteiger partial charge on any atom is -0.385 e. The lowest BCUT2D eigenvalue weighted by Gasteiger charge is -2.20. The van der Waals surface area contributed by atoms with Crippen molar-refractivity contribution < 1.29 is 4.79 Å². The molecule has 0 aliphatic carbocycles. The Kier molecular flexibility index (Phi) is 4.80. The monoisotopic (exact) mass is 261 g/mol. The fourth-order valence-corrected chi connectivity index (χ4v) is 2.37. The van der Waals surface area contributed by atoms with Gasteiger partial charge in [-0.3, -0.25) is 4.79 Å². The number of carbonyl (C=O) groups excluding carboxylic acids is 1. The van der Waals surface area contributed by atoms with Crippen molar-refractivity contribution in [1.82, 2.24) is 9.80 Å². The van der Waals surface area contributed by atoms with Crippen LogP contribution in [0.4, 0.5) is 5.69 Å². The van der Waals surface area contributed by atoms with Crippen LogP contribution in [0.5, 0.6) is 0 Å². The van der Waals surface area contributed by atoms with E-state index in [-0.39, 0.29) is 5.91 Å². The summed E-state index contributed by atoms with van der Waals surface area (Å²) < 4.78 is 0. The minimum atomic E-state index is 0.151. The van der Waals surface area contributed by atoms with Gasteiger partial charge in [0.15, 0.2) is 0 Å². The van der Waals surface area contributed by atoms with Gasteiger partial charge < -0.3 is 15.1 Å². The number of amides is 1. The van der Waals surface area contributed by atoms with Gasteiger partial charge in [-0.2, -0.15) is 0 Å². The summed E-state index contributed by atoms with van der Waals surface area (Å²) in [7, 11) is 2.11. The summed E-state index contributed by atoms with van der Waals surface area (Å²) in [6.45, 7) is 6.67. The molecule has 1 aliphatic rings. The molecule has 1 aromatic carbocycles. The quantitative estimate of drug-likeness (QED) is 0.902. The third kappa shape index (κ3) is 3.70.